The van der Waals surface area contributed by atoms with Crippen LogP contribution in [-0.2, 0) is 0 Å². The molecule has 0 bridgehead atoms. The molecule has 0 spiro atoms. The van der Waals surface area contributed by atoms with Gasteiger partial charge in [0.1, 0.15) is 12.1 Å². The van der Waals surface area contributed by atoms with E-state index in [2.05, 4.69) is 39.4 Å². The summed E-state index contributed by atoms with van der Waals surface area (Å²) in [5.41, 5.74) is 3.67. The molecule has 0 saturated heterocycles. The van der Waals surface area contributed by atoms with Gasteiger partial charge in [0.05, 0.1) is 5.52 Å². The van der Waals surface area contributed by atoms with Crippen molar-refractivity contribution in [3.8, 4) is 0 Å². The Morgan fingerprint density at radius 1 is 1.12 bits per heavy atom. The van der Waals surface area contributed by atoms with Gasteiger partial charge in [-0.2, -0.15) is 4.98 Å². The summed E-state index contributed by atoms with van der Waals surface area (Å²) in [4.78, 5) is 7.18. The van der Waals surface area contributed by atoms with E-state index < -0.39 is 0 Å². The lowest BCUT2D eigenvalue weighted by molar-refractivity contribution is 0.746. The first-order valence-corrected chi connectivity index (χ1v) is 8.83. The number of para-hydroxylation sites is 1. The Hall–Kier alpha value is -2.66. The van der Waals surface area contributed by atoms with Crippen LogP contribution in [0.2, 0.25) is 5.02 Å². The van der Waals surface area contributed by atoms with Crippen LogP contribution in [0.25, 0.3) is 16.7 Å². The molecular weight excluding hydrogens is 334 g/mol. The normalized spacial score (nSPS) is 21.4. The molecule has 2 atom stereocenters. The lowest BCUT2D eigenvalue weighted by Gasteiger charge is -2.31. The number of rotatable bonds is 1. The van der Waals surface area contributed by atoms with E-state index in [0.717, 1.165) is 23.3 Å². The molecule has 0 radical (unpaired) electrons. The van der Waals surface area contributed by atoms with E-state index in [9.17, 15) is 0 Å². The Balaban J connectivity index is 1.67. The molecular formula is C19H14ClN5. The first kappa shape index (κ1) is 13.6. The number of hydrogen-bond acceptors (Lipinski definition) is 4. The highest BCUT2D eigenvalue weighted by molar-refractivity contribution is 6.31. The number of aromatic nitrogens is 4. The maximum atomic E-state index is 6.25. The van der Waals surface area contributed by atoms with E-state index in [1.807, 2.05) is 22.6 Å². The van der Waals surface area contributed by atoms with Crippen molar-refractivity contribution in [3.63, 3.8) is 0 Å². The van der Waals surface area contributed by atoms with Crippen molar-refractivity contribution in [2.24, 2.45) is 5.92 Å². The van der Waals surface area contributed by atoms with Gasteiger partial charge in [0.15, 0.2) is 0 Å². The van der Waals surface area contributed by atoms with Crippen molar-refractivity contribution in [3.05, 3.63) is 59.4 Å². The third-order valence-corrected chi connectivity index (χ3v) is 5.65. The molecule has 1 saturated carbocycles. The second-order valence-corrected chi connectivity index (χ2v) is 7.31. The van der Waals surface area contributed by atoms with E-state index in [0.29, 0.717) is 22.6 Å². The quantitative estimate of drug-likeness (QED) is 0.518. The fourth-order valence-electron chi connectivity index (χ4n) is 4.14. The molecule has 6 heteroatoms. The summed E-state index contributed by atoms with van der Waals surface area (Å²) in [5, 5.41) is 9.95. The number of benzene rings is 2. The van der Waals surface area contributed by atoms with Gasteiger partial charge >= 0.3 is 0 Å². The summed E-state index contributed by atoms with van der Waals surface area (Å²) in [6.07, 6.45) is 2.95. The average Bonchev–Trinajstić information content (AvgIpc) is 3.27. The smallest absolute Gasteiger partial charge is 0.257 e. The van der Waals surface area contributed by atoms with E-state index in [1.165, 1.54) is 17.7 Å². The Bertz CT molecular complexity index is 1150. The van der Waals surface area contributed by atoms with Gasteiger partial charge in [-0.05, 0) is 48.1 Å². The lowest BCUT2D eigenvalue weighted by Crippen LogP contribution is -2.26. The average molecular weight is 348 g/mol. The standard InChI is InChI=1S/C19H14ClN5/c20-12-5-6-14-17(8-12)25-10-21-23-19(25)22-18(14)24-9-11-7-15(11)13-3-1-2-4-16(13)24/h1-6,8,10-11,15H,7,9H2. The Labute approximate surface area is 148 Å². The number of anilines is 2. The third-order valence-electron chi connectivity index (χ3n) is 5.42. The summed E-state index contributed by atoms with van der Waals surface area (Å²) in [5.74, 6) is 2.96. The molecule has 0 amide bonds. The minimum atomic E-state index is 0.597. The van der Waals surface area contributed by atoms with Gasteiger partial charge in [0.2, 0.25) is 0 Å². The largest absolute Gasteiger partial charge is 0.325 e. The van der Waals surface area contributed by atoms with Crippen LogP contribution in [0.4, 0.5) is 11.5 Å². The SMILES string of the molecule is Clc1ccc2c(N3CC4CC4c4ccccc43)nc3nncn3c2c1. The molecule has 2 aromatic heterocycles. The minimum Gasteiger partial charge on any atom is -0.325 e. The Kier molecular flexibility index (Phi) is 2.56. The minimum absolute atomic E-state index is 0.597. The highest BCUT2D eigenvalue weighted by atomic mass is 35.5. The first-order valence-electron chi connectivity index (χ1n) is 8.45. The van der Waals surface area contributed by atoms with Crippen molar-refractivity contribution in [1.82, 2.24) is 19.6 Å². The molecule has 25 heavy (non-hydrogen) atoms. The predicted molar refractivity (Wildman–Crippen MR) is 97.6 cm³/mol. The van der Waals surface area contributed by atoms with Gasteiger partial charge < -0.3 is 4.90 Å². The number of halogens is 1. The second-order valence-electron chi connectivity index (χ2n) is 6.87. The highest BCUT2D eigenvalue weighted by Crippen LogP contribution is 2.56. The van der Waals surface area contributed by atoms with Gasteiger partial charge in [-0.3, -0.25) is 4.40 Å². The number of nitrogens with zero attached hydrogens (tertiary/aromatic N) is 5. The van der Waals surface area contributed by atoms with Crippen LogP contribution in [0.15, 0.2) is 48.8 Å². The van der Waals surface area contributed by atoms with Crippen LogP contribution in [0, 0.1) is 5.92 Å². The second kappa shape index (κ2) is 4.70. The maximum Gasteiger partial charge on any atom is 0.257 e. The van der Waals surface area contributed by atoms with Crippen molar-refractivity contribution >= 4 is 39.8 Å². The molecule has 2 aliphatic rings. The molecule has 3 heterocycles. The zero-order valence-corrected chi connectivity index (χ0v) is 14.1. The Morgan fingerprint density at radius 2 is 2.04 bits per heavy atom. The third kappa shape index (κ3) is 1.87. The molecule has 1 aliphatic heterocycles. The van der Waals surface area contributed by atoms with Gasteiger partial charge in [0, 0.05) is 22.6 Å². The number of hydrogen-bond donors (Lipinski definition) is 0. The molecule has 1 fully saturated rings. The fourth-order valence-corrected chi connectivity index (χ4v) is 4.31. The van der Waals surface area contributed by atoms with E-state index in [1.54, 1.807) is 6.33 Å². The summed E-state index contributed by atoms with van der Waals surface area (Å²) in [6.45, 7) is 0.997. The van der Waals surface area contributed by atoms with Crippen LogP contribution in [0.5, 0.6) is 0 Å². The molecule has 122 valence electrons. The van der Waals surface area contributed by atoms with Crippen LogP contribution in [0.3, 0.4) is 0 Å². The van der Waals surface area contributed by atoms with Crippen LogP contribution in [-0.4, -0.2) is 26.1 Å². The van der Waals surface area contributed by atoms with Crippen LogP contribution in [0.1, 0.15) is 17.9 Å². The highest BCUT2D eigenvalue weighted by Gasteiger charge is 2.45. The lowest BCUT2D eigenvalue weighted by atomic mass is 10.0. The summed E-state index contributed by atoms with van der Waals surface area (Å²) in [6, 6.07) is 14.6. The predicted octanol–water partition coefficient (Wildman–Crippen LogP) is 4.19. The summed E-state index contributed by atoms with van der Waals surface area (Å²) in [7, 11) is 0. The van der Waals surface area contributed by atoms with Gasteiger partial charge in [-0.1, -0.05) is 29.8 Å². The van der Waals surface area contributed by atoms with E-state index in [-0.39, 0.29) is 0 Å². The Morgan fingerprint density at radius 3 is 3.00 bits per heavy atom. The van der Waals surface area contributed by atoms with Crippen molar-refractivity contribution in [2.45, 2.75) is 12.3 Å². The van der Waals surface area contributed by atoms with Crippen LogP contribution >= 0.6 is 11.6 Å². The van der Waals surface area contributed by atoms with Crippen molar-refractivity contribution in [1.29, 1.82) is 0 Å². The van der Waals surface area contributed by atoms with E-state index >= 15 is 0 Å². The van der Waals surface area contributed by atoms with Crippen molar-refractivity contribution in [2.75, 3.05) is 11.4 Å². The van der Waals surface area contributed by atoms with Crippen LogP contribution < -0.4 is 4.90 Å². The summed E-state index contributed by atoms with van der Waals surface area (Å²) >= 11 is 6.25. The molecule has 5 nitrogen and oxygen atoms in total. The van der Waals surface area contributed by atoms with Gasteiger partial charge in [0.25, 0.3) is 5.78 Å². The molecule has 6 rings (SSSR count). The maximum absolute atomic E-state index is 6.25. The molecule has 2 unspecified atom stereocenters. The zero-order valence-electron chi connectivity index (χ0n) is 13.3. The molecule has 1 aliphatic carbocycles. The van der Waals surface area contributed by atoms with Crippen molar-refractivity contribution < 1.29 is 0 Å². The molecule has 0 N–H and O–H groups in total. The fraction of sp³-hybridized carbons (Fsp3) is 0.211. The molecule has 4 aromatic rings. The van der Waals surface area contributed by atoms with E-state index in [4.69, 9.17) is 16.6 Å². The zero-order chi connectivity index (χ0) is 16.5. The number of fused-ring (bicyclic) bond motifs is 6. The monoisotopic (exact) mass is 347 g/mol. The molecule has 2 aromatic carbocycles. The van der Waals surface area contributed by atoms with Gasteiger partial charge in [-0.15, -0.1) is 10.2 Å². The first-order chi connectivity index (χ1) is 12.3. The summed E-state index contributed by atoms with van der Waals surface area (Å²) < 4.78 is 1.89. The van der Waals surface area contributed by atoms with Gasteiger partial charge in [-0.25, -0.2) is 0 Å². The topological polar surface area (TPSA) is 46.3 Å².